The third-order valence-corrected chi connectivity index (χ3v) is 3.12. The largest absolute Gasteiger partial charge is 0.399 e. The monoisotopic (exact) mass is 299 g/mol. The van der Waals surface area contributed by atoms with Gasteiger partial charge in [0.2, 0.25) is 5.91 Å². The second-order valence-corrected chi connectivity index (χ2v) is 4.94. The number of ether oxygens (including phenoxy) is 1. The summed E-state index contributed by atoms with van der Waals surface area (Å²) in [5.74, 6) is -0.0695. The van der Waals surface area contributed by atoms with Gasteiger partial charge in [-0.05, 0) is 32.2 Å². The smallest absolute Gasteiger partial charge is 0.225 e. The van der Waals surface area contributed by atoms with Gasteiger partial charge in [-0.1, -0.05) is 11.6 Å². The van der Waals surface area contributed by atoms with Crippen LogP contribution in [0.2, 0.25) is 5.02 Å². The number of amides is 1. The van der Waals surface area contributed by atoms with Crippen LogP contribution in [-0.2, 0) is 9.53 Å². The van der Waals surface area contributed by atoms with Gasteiger partial charge in [0.05, 0.1) is 17.3 Å². The van der Waals surface area contributed by atoms with E-state index >= 15 is 0 Å². The molecule has 1 aromatic carbocycles. The summed E-state index contributed by atoms with van der Waals surface area (Å²) in [7, 11) is 1.96. The van der Waals surface area contributed by atoms with Crippen molar-refractivity contribution in [2.24, 2.45) is 0 Å². The van der Waals surface area contributed by atoms with Crippen molar-refractivity contribution < 1.29 is 9.53 Å². The molecule has 0 bridgehead atoms. The number of likely N-dealkylation sites (N-methyl/N-ethyl adjacent to an activating group) is 1. The fourth-order valence-corrected chi connectivity index (χ4v) is 1.85. The van der Waals surface area contributed by atoms with Crippen molar-refractivity contribution in [2.45, 2.75) is 13.3 Å². The van der Waals surface area contributed by atoms with Gasteiger partial charge in [0.15, 0.2) is 0 Å². The number of hydrogen-bond donors (Lipinski definition) is 2. The van der Waals surface area contributed by atoms with Crippen molar-refractivity contribution in [3.63, 3.8) is 0 Å². The Morgan fingerprint density at radius 3 is 2.85 bits per heavy atom. The molecule has 0 heterocycles. The summed E-state index contributed by atoms with van der Waals surface area (Å²) in [6.07, 6.45) is 0.406. The highest BCUT2D eigenvalue weighted by Crippen LogP contribution is 2.24. The lowest BCUT2D eigenvalue weighted by Gasteiger charge is -2.16. The fourth-order valence-electron chi connectivity index (χ4n) is 1.61. The molecule has 20 heavy (non-hydrogen) atoms. The van der Waals surface area contributed by atoms with Gasteiger partial charge in [-0.2, -0.15) is 0 Å². The van der Waals surface area contributed by atoms with Crippen LogP contribution in [0, 0.1) is 0 Å². The van der Waals surface area contributed by atoms with Crippen molar-refractivity contribution in [1.29, 1.82) is 0 Å². The standard InChI is InChI=1S/C14H22ClN3O2/c1-3-20-9-8-18(2)7-6-14(19)17-13-5-4-11(16)10-12(13)15/h4-5,10H,3,6-9,16H2,1-2H3,(H,17,19). The predicted octanol–water partition coefficient (Wildman–Crippen LogP) is 2.22. The Labute approximate surface area is 125 Å². The summed E-state index contributed by atoms with van der Waals surface area (Å²) in [5.41, 5.74) is 6.76. The van der Waals surface area contributed by atoms with E-state index in [2.05, 4.69) is 10.2 Å². The zero-order valence-electron chi connectivity index (χ0n) is 12.0. The Hall–Kier alpha value is -1.30. The number of anilines is 2. The van der Waals surface area contributed by atoms with Crippen LogP contribution in [-0.4, -0.2) is 44.2 Å². The maximum Gasteiger partial charge on any atom is 0.225 e. The maximum atomic E-state index is 11.8. The van der Waals surface area contributed by atoms with Gasteiger partial charge in [-0.15, -0.1) is 0 Å². The molecule has 1 amide bonds. The van der Waals surface area contributed by atoms with Gasteiger partial charge in [0, 0.05) is 31.8 Å². The van der Waals surface area contributed by atoms with E-state index in [0.717, 1.165) is 6.54 Å². The van der Waals surface area contributed by atoms with Crippen LogP contribution in [0.15, 0.2) is 18.2 Å². The Kier molecular flexibility index (Phi) is 7.36. The number of benzene rings is 1. The molecular formula is C14H22ClN3O2. The first-order valence-electron chi connectivity index (χ1n) is 6.64. The minimum Gasteiger partial charge on any atom is -0.399 e. The van der Waals surface area contributed by atoms with Crippen molar-refractivity contribution in [3.05, 3.63) is 23.2 Å². The minimum atomic E-state index is -0.0695. The van der Waals surface area contributed by atoms with Crippen molar-refractivity contribution >= 4 is 28.9 Å². The van der Waals surface area contributed by atoms with Crippen LogP contribution in [0.5, 0.6) is 0 Å². The number of nitrogens with zero attached hydrogens (tertiary/aromatic N) is 1. The van der Waals surface area contributed by atoms with Crippen molar-refractivity contribution in [2.75, 3.05) is 44.4 Å². The SMILES string of the molecule is CCOCCN(C)CCC(=O)Nc1ccc(N)cc1Cl. The lowest BCUT2D eigenvalue weighted by molar-refractivity contribution is -0.116. The molecule has 0 aliphatic carbocycles. The van der Waals surface area contributed by atoms with Gasteiger partial charge >= 0.3 is 0 Å². The van der Waals surface area contributed by atoms with Crippen molar-refractivity contribution in [3.8, 4) is 0 Å². The summed E-state index contributed by atoms with van der Waals surface area (Å²) in [4.78, 5) is 13.9. The van der Waals surface area contributed by atoms with E-state index < -0.39 is 0 Å². The molecule has 0 atom stereocenters. The molecule has 5 nitrogen and oxygen atoms in total. The maximum absolute atomic E-state index is 11.8. The number of hydrogen-bond acceptors (Lipinski definition) is 4. The van der Waals surface area contributed by atoms with E-state index in [1.165, 1.54) is 0 Å². The van der Waals surface area contributed by atoms with Gasteiger partial charge in [0.25, 0.3) is 0 Å². The fraction of sp³-hybridized carbons (Fsp3) is 0.500. The molecule has 0 unspecified atom stereocenters. The lowest BCUT2D eigenvalue weighted by Crippen LogP contribution is -2.27. The summed E-state index contributed by atoms with van der Waals surface area (Å²) in [5, 5.41) is 3.22. The second-order valence-electron chi connectivity index (χ2n) is 4.54. The molecule has 0 saturated carbocycles. The number of nitrogens with two attached hydrogens (primary N) is 1. The molecule has 6 heteroatoms. The third kappa shape index (κ3) is 6.23. The topological polar surface area (TPSA) is 67.6 Å². The zero-order chi connectivity index (χ0) is 15.0. The Morgan fingerprint density at radius 2 is 2.20 bits per heavy atom. The normalized spacial score (nSPS) is 10.8. The van der Waals surface area contributed by atoms with E-state index in [4.69, 9.17) is 22.1 Å². The average molecular weight is 300 g/mol. The third-order valence-electron chi connectivity index (χ3n) is 2.81. The molecule has 1 aromatic rings. The van der Waals surface area contributed by atoms with Crippen LogP contribution >= 0.6 is 11.6 Å². The van der Waals surface area contributed by atoms with Crippen LogP contribution < -0.4 is 11.1 Å². The number of carbonyl (C=O) groups excluding carboxylic acids is 1. The summed E-state index contributed by atoms with van der Waals surface area (Å²) < 4.78 is 5.26. The molecule has 0 aromatic heterocycles. The Bertz CT molecular complexity index is 440. The highest BCUT2D eigenvalue weighted by atomic mass is 35.5. The lowest BCUT2D eigenvalue weighted by atomic mass is 10.2. The average Bonchev–Trinajstić information content (AvgIpc) is 2.40. The van der Waals surface area contributed by atoms with Crippen LogP contribution in [0.3, 0.4) is 0 Å². The minimum absolute atomic E-state index is 0.0695. The van der Waals surface area contributed by atoms with Gasteiger partial charge in [-0.25, -0.2) is 0 Å². The Morgan fingerprint density at radius 1 is 1.45 bits per heavy atom. The van der Waals surface area contributed by atoms with Gasteiger partial charge in [-0.3, -0.25) is 4.79 Å². The van der Waals surface area contributed by atoms with Gasteiger partial charge < -0.3 is 20.7 Å². The van der Waals surface area contributed by atoms with E-state index in [9.17, 15) is 4.79 Å². The molecule has 1 rings (SSSR count). The Balaban J connectivity index is 2.33. The molecule has 112 valence electrons. The first-order chi connectivity index (χ1) is 9.52. The number of carbonyl (C=O) groups is 1. The van der Waals surface area contributed by atoms with E-state index in [1.807, 2.05) is 14.0 Å². The highest BCUT2D eigenvalue weighted by molar-refractivity contribution is 6.34. The number of nitrogen functional groups attached to an aromatic ring is 1. The molecule has 0 spiro atoms. The molecular weight excluding hydrogens is 278 g/mol. The van der Waals surface area contributed by atoms with E-state index in [-0.39, 0.29) is 5.91 Å². The van der Waals surface area contributed by atoms with E-state index in [0.29, 0.717) is 42.6 Å². The quantitative estimate of drug-likeness (QED) is 0.570. The number of rotatable bonds is 8. The molecule has 0 aliphatic rings. The molecule has 0 aliphatic heterocycles. The first-order valence-corrected chi connectivity index (χ1v) is 7.02. The summed E-state index contributed by atoms with van der Waals surface area (Å²) in [6.45, 7) is 4.83. The summed E-state index contributed by atoms with van der Waals surface area (Å²) in [6, 6.07) is 5.02. The molecule has 3 N–H and O–H groups in total. The predicted molar refractivity (Wildman–Crippen MR) is 83.1 cm³/mol. The molecule has 0 saturated heterocycles. The first kappa shape index (κ1) is 16.8. The number of halogens is 1. The van der Waals surface area contributed by atoms with Crippen LogP contribution in [0.1, 0.15) is 13.3 Å². The van der Waals surface area contributed by atoms with Gasteiger partial charge in [0.1, 0.15) is 0 Å². The van der Waals surface area contributed by atoms with Crippen LogP contribution in [0.4, 0.5) is 11.4 Å². The van der Waals surface area contributed by atoms with Crippen LogP contribution in [0.25, 0.3) is 0 Å². The van der Waals surface area contributed by atoms with Crippen molar-refractivity contribution in [1.82, 2.24) is 4.90 Å². The molecule has 0 fully saturated rings. The zero-order valence-corrected chi connectivity index (χ0v) is 12.7. The van der Waals surface area contributed by atoms with E-state index in [1.54, 1.807) is 18.2 Å². The number of nitrogens with one attached hydrogen (secondary N) is 1. The molecule has 0 radical (unpaired) electrons. The summed E-state index contributed by atoms with van der Waals surface area (Å²) >= 11 is 6.00. The highest BCUT2D eigenvalue weighted by Gasteiger charge is 2.07. The second kappa shape index (κ2) is 8.79.